The zero-order valence-electron chi connectivity index (χ0n) is 18.7. The van der Waals surface area contributed by atoms with Crippen molar-refractivity contribution < 1.29 is 14.6 Å². The molecular formula is C27H29N3O3. The molecule has 6 heteroatoms. The topological polar surface area (TPSA) is 82.5 Å². The lowest BCUT2D eigenvalue weighted by Crippen LogP contribution is -2.39. The van der Waals surface area contributed by atoms with Crippen molar-refractivity contribution in [2.75, 3.05) is 0 Å². The van der Waals surface area contributed by atoms with Gasteiger partial charge in [0.1, 0.15) is 0 Å². The molecule has 3 aromatic carbocycles. The lowest BCUT2D eigenvalue weighted by Gasteiger charge is -2.41. The standard InChI is InChI=1S/C27H29N3O3/c1-18-25(15-30-17-29-23-4-2-3-5-24(23)30)32-27(22-12-6-19(14-28)7-13-22)33-26(18)21-10-8-20(16-31)9-11-21/h2-13,17-18,25-27,31H,14-16,28H2,1H3/t18-,25+,26+,27+/m1/s1. The summed E-state index contributed by atoms with van der Waals surface area (Å²) in [6.07, 6.45) is 1.16. The maximum Gasteiger partial charge on any atom is 0.184 e. The maximum atomic E-state index is 9.43. The van der Waals surface area contributed by atoms with Gasteiger partial charge in [-0.15, -0.1) is 0 Å². The number of ether oxygens (including phenoxy) is 2. The number of hydrogen-bond acceptors (Lipinski definition) is 5. The van der Waals surface area contributed by atoms with E-state index in [-0.39, 0.29) is 24.7 Å². The van der Waals surface area contributed by atoms with Gasteiger partial charge in [0.25, 0.3) is 0 Å². The second-order valence-corrected chi connectivity index (χ2v) is 8.65. The molecule has 0 bridgehead atoms. The van der Waals surface area contributed by atoms with Gasteiger partial charge in [0.05, 0.1) is 42.7 Å². The molecule has 5 rings (SSSR count). The van der Waals surface area contributed by atoms with Crippen LogP contribution >= 0.6 is 0 Å². The number of aromatic nitrogens is 2. The van der Waals surface area contributed by atoms with Crippen LogP contribution in [-0.2, 0) is 29.2 Å². The van der Waals surface area contributed by atoms with Crippen LogP contribution in [0.1, 0.15) is 41.6 Å². The summed E-state index contributed by atoms with van der Waals surface area (Å²) in [5.41, 5.74) is 11.8. The lowest BCUT2D eigenvalue weighted by atomic mass is 9.90. The van der Waals surface area contributed by atoms with E-state index < -0.39 is 6.29 Å². The van der Waals surface area contributed by atoms with Gasteiger partial charge >= 0.3 is 0 Å². The normalized spacial score (nSPS) is 23.1. The van der Waals surface area contributed by atoms with Gasteiger partial charge in [-0.3, -0.25) is 0 Å². The summed E-state index contributed by atoms with van der Waals surface area (Å²) in [5.74, 6) is 0.103. The van der Waals surface area contributed by atoms with Crippen LogP contribution in [0.15, 0.2) is 79.1 Å². The molecule has 0 spiro atoms. The monoisotopic (exact) mass is 443 g/mol. The Kier molecular flexibility index (Phi) is 6.24. The molecule has 4 aromatic rings. The Bertz CT molecular complexity index is 1200. The number of fused-ring (bicyclic) bond motifs is 1. The van der Waals surface area contributed by atoms with Crippen molar-refractivity contribution in [3.63, 3.8) is 0 Å². The van der Waals surface area contributed by atoms with Gasteiger partial charge in [-0.1, -0.05) is 67.6 Å². The summed E-state index contributed by atoms with van der Waals surface area (Å²) in [6, 6.07) is 24.2. The smallest absolute Gasteiger partial charge is 0.184 e. The first-order chi connectivity index (χ1) is 16.2. The fourth-order valence-corrected chi connectivity index (χ4v) is 4.49. The highest BCUT2D eigenvalue weighted by atomic mass is 16.7. The van der Waals surface area contributed by atoms with Gasteiger partial charge in [-0.2, -0.15) is 0 Å². The van der Waals surface area contributed by atoms with E-state index in [9.17, 15) is 5.11 Å². The fourth-order valence-electron chi connectivity index (χ4n) is 4.49. The molecule has 0 radical (unpaired) electrons. The molecule has 0 amide bonds. The van der Waals surface area contributed by atoms with Gasteiger partial charge in [-0.25, -0.2) is 4.98 Å². The van der Waals surface area contributed by atoms with Crippen molar-refractivity contribution in [1.29, 1.82) is 0 Å². The van der Waals surface area contributed by atoms with Crippen LogP contribution in [0.4, 0.5) is 0 Å². The SMILES string of the molecule is C[C@@H]1[C@H](Cn2cnc3ccccc32)O[C@H](c2ccc(CN)cc2)O[C@@H]1c1ccc(CO)cc1. The van der Waals surface area contributed by atoms with Crippen molar-refractivity contribution in [3.8, 4) is 0 Å². The number of aliphatic hydroxyl groups excluding tert-OH is 1. The second kappa shape index (κ2) is 9.45. The third kappa shape index (κ3) is 4.43. The molecule has 170 valence electrons. The predicted octanol–water partition coefficient (Wildman–Crippen LogP) is 4.48. The Hall–Kier alpha value is -3.03. The Balaban J connectivity index is 1.47. The van der Waals surface area contributed by atoms with Gasteiger partial charge in [0, 0.05) is 18.0 Å². The van der Waals surface area contributed by atoms with Crippen LogP contribution in [0.5, 0.6) is 0 Å². The van der Waals surface area contributed by atoms with Crippen LogP contribution < -0.4 is 5.73 Å². The van der Waals surface area contributed by atoms with E-state index in [0.717, 1.165) is 33.3 Å². The molecule has 33 heavy (non-hydrogen) atoms. The van der Waals surface area contributed by atoms with Crippen molar-refractivity contribution in [1.82, 2.24) is 9.55 Å². The molecular weight excluding hydrogens is 414 g/mol. The lowest BCUT2D eigenvalue weighted by molar-refractivity contribution is -0.276. The largest absolute Gasteiger partial charge is 0.392 e. The molecule has 4 atom stereocenters. The molecule has 0 aliphatic carbocycles. The molecule has 0 saturated carbocycles. The first-order valence-electron chi connectivity index (χ1n) is 11.4. The molecule has 1 saturated heterocycles. The summed E-state index contributed by atoms with van der Waals surface area (Å²) in [5, 5.41) is 9.43. The Morgan fingerprint density at radius 2 is 1.61 bits per heavy atom. The molecule has 1 aliphatic rings. The van der Waals surface area contributed by atoms with Gasteiger partial charge in [0.15, 0.2) is 6.29 Å². The molecule has 0 unspecified atom stereocenters. The Labute approximate surface area is 193 Å². The first kappa shape index (κ1) is 21.8. The fraction of sp³-hybridized carbons (Fsp3) is 0.296. The van der Waals surface area contributed by atoms with Gasteiger partial charge in [-0.05, 0) is 28.8 Å². The first-order valence-corrected chi connectivity index (χ1v) is 11.4. The number of benzene rings is 3. The highest BCUT2D eigenvalue weighted by Crippen LogP contribution is 2.42. The average molecular weight is 444 g/mol. The summed E-state index contributed by atoms with van der Waals surface area (Å²) in [7, 11) is 0. The Morgan fingerprint density at radius 1 is 0.909 bits per heavy atom. The zero-order valence-corrected chi connectivity index (χ0v) is 18.7. The Morgan fingerprint density at radius 3 is 2.33 bits per heavy atom. The van der Waals surface area contributed by atoms with E-state index in [0.29, 0.717) is 13.1 Å². The van der Waals surface area contributed by atoms with E-state index in [4.69, 9.17) is 15.2 Å². The molecule has 6 nitrogen and oxygen atoms in total. The van der Waals surface area contributed by atoms with Gasteiger partial charge in [0.2, 0.25) is 0 Å². The van der Waals surface area contributed by atoms with Crippen molar-refractivity contribution >= 4 is 11.0 Å². The number of aliphatic hydroxyl groups is 1. The van der Waals surface area contributed by atoms with Gasteiger partial charge < -0.3 is 24.9 Å². The third-order valence-corrected chi connectivity index (χ3v) is 6.51. The number of nitrogens with two attached hydrogens (primary N) is 1. The predicted molar refractivity (Wildman–Crippen MR) is 127 cm³/mol. The van der Waals surface area contributed by atoms with Crippen molar-refractivity contribution in [3.05, 3.63) is 101 Å². The minimum atomic E-state index is -0.490. The summed E-state index contributed by atoms with van der Waals surface area (Å²) in [6.45, 7) is 3.37. The highest BCUT2D eigenvalue weighted by molar-refractivity contribution is 5.74. The molecule has 1 fully saturated rings. The van der Waals surface area contributed by atoms with E-state index in [1.807, 2.05) is 73.1 Å². The number of para-hydroxylation sites is 2. The third-order valence-electron chi connectivity index (χ3n) is 6.51. The van der Waals surface area contributed by atoms with E-state index in [2.05, 4.69) is 22.5 Å². The minimum absolute atomic E-state index is 0.0247. The minimum Gasteiger partial charge on any atom is -0.392 e. The summed E-state index contributed by atoms with van der Waals surface area (Å²) < 4.78 is 15.2. The highest BCUT2D eigenvalue weighted by Gasteiger charge is 2.38. The van der Waals surface area contributed by atoms with Crippen molar-refractivity contribution in [2.45, 2.75) is 45.1 Å². The van der Waals surface area contributed by atoms with Crippen molar-refractivity contribution in [2.24, 2.45) is 11.7 Å². The molecule has 1 aliphatic heterocycles. The molecule has 2 heterocycles. The molecule has 1 aromatic heterocycles. The van der Waals surface area contributed by atoms with Crippen LogP contribution in [0.25, 0.3) is 11.0 Å². The quantitative estimate of drug-likeness (QED) is 0.459. The van der Waals surface area contributed by atoms with E-state index in [1.54, 1.807) is 0 Å². The average Bonchev–Trinajstić information content (AvgIpc) is 3.28. The summed E-state index contributed by atoms with van der Waals surface area (Å²) in [4.78, 5) is 4.54. The zero-order chi connectivity index (χ0) is 22.8. The maximum absolute atomic E-state index is 9.43. The number of hydrogen-bond donors (Lipinski definition) is 2. The second-order valence-electron chi connectivity index (χ2n) is 8.65. The van der Waals surface area contributed by atoms with E-state index in [1.165, 1.54) is 0 Å². The van der Waals surface area contributed by atoms with Crippen LogP contribution in [0, 0.1) is 5.92 Å². The van der Waals surface area contributed by atoms with Crippen LogP contribution in [0.2, 0.25) is 0 Å². The van der Waals surface area contributed by atoms with Crippen LogP contribution in [0.3, 0.4) is 0 Å². The van der Waals surface area contributed by atoms with Crippen LogP contribution in [-0.4, -0.2) is 20.8 Å². The molecule has 3 N–H and O–H groups in total. The number of nitrogens with zero attached hydrogens (tertiary/aromatic N) is 2. The number of imidazole rings is 1. The number of rotatable bonds is 6. The summed E-state index contributed by atoms with van der Waals surface area (Å²) >= 11 is 0. The van der Waals surface area contributed by atoms with E-state index >= 15 is 0 Å².